The van der Waals surface area contributed by atoms with Gasteiger partial charge in [-0.1, -0.05) is 6.07 Å². The van der Waals surface area contributed by atoms with E-state index >= 15 is 0 Å². The number of Topliss-reactive ketones (excluding diaryl/α,β-unsaturated/α-hetero) is 1. The number of benzene rings is 3. The number of imide groups is 1. The Bertz CT molecular complexity index is 2660. The number of hydrogen-bond acceptors (Lipinski definition) is 12. The van der Waals surface area contributed by atoms with Gasteiger partial charge < -0.3 is 49.2 Å². The van der Waals surface area contributed by atoms with E-state index in [0.29, 0.717) is 94.7 Å². The van der Waals surface area contributed by atoms with Crippen LogP contribution < -0.4 is 15.5 Å². The van der Waals surface area contributed by atoms with Gasteiger partial charge in [-0.15, -0.1) is 0 Å². The SMILES string of the molecule is O=C1CCC(N2Cc3c(NCCOCCOCCOCCN4CCC5(CC4)CCN(C(=O)c4cc6cc(N7CC[C@](O)(C(=O)CCCc8cc(F)cc(F)c8)C7=O)ccc6[nH]4)CC5)cccc3C2=O)C(=O)N1. The van der Waals surface area contributed by atoms with E-state index in [1.165, 1.54) is 17.0 Å². The smallest absolute Gasteiger partial charge is 0.270 e. The molecule has 5 amide bonds. The third-order valence-electron chi connectivity index (χ3n) is 15.2. The Morgan fingerprint density at radius 1 is 0.806 bits per heavy atom. The van der Waals surface area contributed by atoms with Gasteiger partial charge in [0.15, 0.2) is 5.78 Å². The van der Waals surface area contributed by atoms with Gasteiger partial charge in [0.25, 0.3) is 17.7 Å². The fourth-order valence-corrected chi connectivity index (χ4v) is 10.9. The van der Waals surface area contributed by atoms with Crippen molar-refractivity contribution in [3.8, 4) is 0 Å². The number of aryl methyl sites for hydroxylation is 1. The Balaban J connectivity index is 0.620. The monoisotopic (exact) mass is 995 g/mol. The molecule has 72 heavy (non-hydrogen) atoms. The number of halogens is 2. The number of carbonyl (C=O) groups is 6. The molecule has 9 rings (SSSR count). The van der Waals surface area contributed by atoms with E-state index in [1.54, 1.807) is 35.2 Å². The topological polar surface area (TPSA) is 203 Å². The highest BCUT2D eigenvalue weighted by molar-refractivity contribution is 6.17. The number of hydrogen-bond donors (Lipinski definition) is 4. The summed E-state index contributed by atoms with van der Waals surface area (Å²) in [6.07, 6.45) is 4.82. The minimum Gasteiger partial charge on any atom is -0.382 e. The van der Waals surface area contributed by atoms with Crippen LogP contribution >= 0.6 is 0 Å². The highest BCUT2D eigenvalue weighted by Gasteiger charge is 2.51. The number of ether oxygens (including phenoxy) is 3. The number of anilines is 2. The lowest BCUT2D eigenvalue weighted by Gasteiger charge is -2.46. The number of ketones is 1. The first-order valence-electron chi connectivity index (χ1n) is 25.2. The van der Waals surface area contributed by atoms with Crippen LogP contribution in [-0.2, 0) is 46.4 Å². The minimum absolute atomic E-state index is 0.0704. The summed E-state index contributed by atoms with van der Waals surface area (Å²) >= 11 is 0. The molecule has 4 N–H and O–H groups in total. The Morgan fingerprint density at radius 2 is 1.51 bits per heavy atom. The summed E-state index contributed by atoms with van der Waals surface area (Å²) in [4.78, 5) is 87.9. The maximum Gasteiger partial charge on any atom is 0.270 e. The highest BCUT2D eigenvalue weighted by Crippen LogP contribution is 2.42. The molecule has 19 heteroatoms. The summed E-state index contributed by atoms with van der Waals surface area (Å²) in [5.74, 6) is -3.76. The van der Waals surface area contributed by atoms with Crippen molar-refractivity contribution in [1.29, 1.82) is 0 Å². The van der Waals surface area contributed by atoms with E-state index in [2.05, 4.69) is 20.5 Å². The molecule has 0 bridgehead atoms. The zero-order chi connectivity index (χ0) is 50.4. The quantitative estimate of drug-likeness (QED) is 0.0508. The highest BCUT2D eigenvalue weighted by atomic mass is 19.1. The van der Waals surface area contributed by atoms with Gasteiger partial charge in [-0.3, -0.25) is 34.1 Å². The summed E-state index contributed by atoms with van der Waals surface area (Å²) in [7, 11) is 0. The molecule has 5 aliphatic heterocycles. The molecule has 4 aromatic rings. The summed E-state index contributed by atoms with van der Waals surface area (Å²) in [5.41, 5.74) is 2.35. The first kappa shape index (κ1) is 50.8. The van der Waals surface area contributed by atoms with Gasteiger partial charge in [-0.2, -0.15) is 0 Å². The van der Waals surface area contributed by atoms with Gasteiger partial charge in [0, 0.05) is 98.0 Å². The van der Waals surface area contributed by atoms with E-state index in [0.717, 1.165) is 73.5 Å². The van der Waals surface area contributed by atoms with Crippen molar-refractivity contribution in [1.82, 2.24) is 25.0 Å². The number of piperidine rings is 3. The van der Waals surface area contributed by atoms with Crippen LogP contribution in [0.15, 0.2) is 60.7 Å². The molecular formula is C53H63F2N7O10. The van der Waals surface area contributed by atoms with Crippen molar-refractivity contribution in [3.05, 3.63) is 94.7 Å². The Kier molecular flexibility index (Phi) is 15.8. The Morgan fingerprint density at radius 3 is 2.25 bits per heavy atom. The fourth-order valence-electron chi connectivity index (χ4n) is 10.9. The van der Waals surface area contributed by atoms with E-state index in [-0.39, 0.29) is 61.8 Å². The lowest BCUT2D eigenvalue weighted by atomic mass is 9.71. The van der Waals surface area contributed by atoms with Crippen LogP contribution in [0.2, 0.25) is 0 Å². The normalized spacial score (nSPS) is 21.3. The van der Waals surface area contributed by atoms with E-state index in [1.807, 2.05) is 17.0 Å². The number of nitrogens with zero attached hydrogens (tertiary/aromatic N) is 4. The van der Waals surface area contributed by atoms with E-state index < -0.39 is 40.9 Å². The lowest BCUT2D eigenvalue weighted by Crippen LogP contribution is -2.52. The summed E-state index contributed by atoms with van der Waals surface area (Å²) < 4.78 is 44.5. The van der Waals surface area contributed by atoms with Crippen molar-refractivity contribution < 1.29 is 56.9 Å². The van der Waals surface area contributed by atoms with Crippen LogP contribution in [-0.4, -0.2) is 157 Å². The molecule has 6 heterocycles. The van der Waals surface area contributed by atoms with Gasteiger partial charge in [0.2, 0.25) is 17.4 Å². The molecule has 5 aliphatic rings. The molecule has 17 nitrogen and oxygen atoms in total. The second kappa shape index (κ2) is 22.3. The predicted molar refractivity (Wildman–Crippen MR) is 261 cm³/mol. The van der Waals surface area contributed by atoms with Crippen LogP contribution in [0.3, 0.4) is 0 Å². The average molecular weight is 996 g/mol. The largest absolute Gasteiger partial charge is 0.382 e. The molecule has 0 saturated carbocycles. The van der Waals surface area contributed by atoms with E-state index in [4.69, 9.17) is 14.2 Å². The fraction of sp³-hybridized carbons (Fsp3) is 0.509. The Hall–Kier alpha value is -6.12. The molecule has 4 saturated heterocycles. The Labute approximate surface area is 416 Å². The van der Waals surface area contributed by atoms with Crippen LogP contribution in [0.4, 0.5) is 20.2 Å². The molecule has 0 aliphatic carbocycles. The summed E-state index contributed by atoms with van der Waals surface area (Å²) in [5, 5.41) is 17.6. The zero-order valence-electron chi connectivity index (χ0n) is 40.5. The van der Waals surface area contributed by atoms with Crippen LogP contribution in [0.1, 0.15) is 89.8 Å². The van der Waals surface area contributed by atoms with Crippen molar-refractivity contribution in [3.63, 3.8) is 0 Å². The van der Waals surface area contributed by atoms with E-state index in [9.17, 15) is 42.7 Å². The number of amides is 5. The number of nitrogens with one attached hydrogen (secondary N) is 3. The standard InChI is InChI=1S/C53H63F2N7O10/c54-37-29-35(30-38(55)33-37)3-1-6-46(63)53(69)15-21-61(51(53)68)39-7-8-42-36(31-39)32-44(57-42)50(67)60-19-13-52(14-20-60)11-17-59(18-12-52)22-24-71-26-28-72-27-25-70-23-16-56-43-5-2-4-40-41(43)34-62(49(40)66)45-9-10-47(64)58-48(45)65/h2,4-5,7-8,29-33,45,56-57,69H,1,3,6,9-28,34H2,(H,58,64,65)/t45?,53-/m0/s1. The molecule has 1 aromatic heterocycles. The number of aromatic nitrogens is 1. The van der Waals surface area contributed by atoms with Gasteiger partial charge in [-0.05, 0) is 118 Å². The minimum atomic E-state index is -2.18. The number of H-pyrrole nitrogens is 1. The number of aromatic amines is 1. The number of aliphatic hydroxyl groups is 1. The molecule has 384 valence electrons. The molecule has 3 aromatic carbocycles. The number of carbonyl (C=O) groups excluding carboxylic acids is 6. The van der Waals surface area contributed by atoms with Crippen molar-refractivity contribution >= 4 is 57.6 Å². The zero-order valence-corrected chi connectivity index (χ0v) is 40.5. The van der Waals surface area contributed by atoms with Crippen molar-refractivity contribution in [2.45, 2.75) is 82.4 Å². The van der Waals surface area contributed by atoms with Gasteiger partial charge >= 0.3 is 0 Å². The van der Waals surface area contributed by atoms with Crippen LogP contribution in [0.5, 0.6) is 0 Å². The molecule has 2 atom stereocenters. The molecule has 1 unspecified atom stereocenters. The molecule has 1 spiro atoms. The second-order valence-electron chi connectivity index (χ2n) is 19.7. The average Bonchev–Trinajstić information content (AvgIpc) is 4.05. The van der Waals surface area contributed by atoms with Gasteiger partial charge in [0.05, 0.1) is 39.6 Å². The second-order valence-corrected chi connectivity index (χ2v) is 19.7. The maximum absolute atomic E-state index is 13.7. The van der Waals surface area contributed by atoms with Gasteiger partial charge in [-0.25, -0.2) is 8.78 Å². The number of likely N-dealkylation sites (tertiary alicyclic amines) is 2. The van der Waals surface area contributed by atoms with Crippen LogP contribution in [0.25, 0.3) is 10.9 Å². The molecule has 0 radical (unpaired) electrons. The first-order valence-corrected chi connectivity index (χ1v) is 25.2. The maximum atomic E-state index is 13.7. The molecular weight excluding hydrogens is 933 g/mol. The lowest BCUT2D eigenvalue weighted by molar-refractivity contribution is -0.147. The van der Waals surface area contributed by atoms with Gasteiger partial charge in [0.1, 0.15) is 23.4 Å². The number of rotatable bonds is 21. The number of fused-ring (bicyclic) bond motifs is 2. The molecule has 4 fully saturated rings. The summed E-state index contributed by atoms with van der Waals surface area (Å²) in [6, 6.07) is 15.1. The first-order chi connectivity index (χ1) is 34.8. The summed E-state index contributed by atoms with van der Waals surface area (Å²) in [6.45, 7) is 8.04. The third kappa shape index (κ3) is 11.4. The van der Waals surface area contributed by atoms with Crippen molar-refractivity contribution in [2.75, 3.05) is 95.7 Å². The van der Waals surface area contributed by atoms with Crippen molar-refractivity contribution in [2.24, 2.45) is 5.41 Å². The predicted octanol–water partition coefficient (Wildman–Crippen LogP) is 4.75. The van der Waals surface area contributed by atoms with Crippen LogP contribution in [0, 0.1) is 17.0 Å². The third-order valence-corrected chi connectivity index (χ3v) is 15.2.